The van der Waals surface area contributed by atoms with Crippen molar-refractivity contribution >= 4 is 11.3 Å². The molecule has 1 aromatic rings. The number of aromatic nitrogens is 2. The highest BCUT2D eigenvalue weighted by Crippen LogP contribution is 2.20. The van der Waals surface area contributed by atoms with Gasteiger partial charge in [0.2, 0.25) is 0 Å². The summed E-state index contributed by atoms with van der Waals surface area (Å²) in [4.78, 5) is 0. The van der Waals surface area contributed by atoms with Crippen molar-refractivity contribution in [2.24, 2.45) is 11.7 Å². The van der Waals surface area contributed by atoms with Gasteiger partial charge in [-0.15, -0.1) is 5.10 Å². The van der Waals surface area contributed by atoms with Crippen LogP contribution in [0.4, 0.5) is 0 Å². The van der Waals surface area contributed by atoms with E-state index in [9.17, 15) is 0 Å². The van der Waals surface area contributed by atoms with Gasteiger partial charge >= 0.3 is 0 Å². The highest BCUT2D eigenvalue weighted by molar-refractivity contribution is 7.13. The molecule has 1 atom stereocenters. The quantitative estimate of drug-likeness (QED) is 0.813. The van der Waals surface area contributed by atoms with Gasteiger partial charge in [-0.1, -0.05) is 30.3 Å². The molecule has 4 nitrogen and oxygen atoms in total. The lowest BCUT2D eigenvalue weighted by atomic mass is 10.1. The van der Waals surface area contributed by atoms with E-state index in [1.807, 2.05) is 6.92 Å². The maximum atomic E-state index is 5.60. The van der Waals surface area contributed by atoms with Crippen LogP contribution in [-0.2, 0) is 6.54 Å². The van der Waals surface area contributed by atoms with E-state index in [0.29, 0.717) is 17.7 Å². The van der Waals surface area contributed by atoms with E-state index >= 15 is 0 Å². The van der Waals surface area contributed by atoms with Crippen molar-refractivity contribution in [3.8, 4) is 5.19 Å². The molecular weight excluding hydrogens is 198 g/mol. The Morgan fingerprint density at radius 2 is 2.07 bits per heavy atom. The molecule has 0 saturated carbocycles. The van der Waals surface area contributed by atoms with E-state index in [-0.39, 0.29) is 6.10 Å². The molecule has 5 heteroatoms. The third-order valence-electron chi connectivity index (χ3n) is 1.73. The summed E-state index contributed by atoms with van der Waals surface area (Å²) in [6.07, 6.45) is 1.21. The summed E-state index contributed by atoms with van der Waals surface area (Å²) in [5.74, 6) is 0.631. The Bertz CT molecular complexity index is 275. The SMILES string of the molecule is CC(C)CC(C)Oc1nnc(CN)s1. The molecule has 0 amide bonds. The van der Waals surface area contributed by atoms with Crippen molar-refractivity contribution in [3.05, 3.63) is 5.01 Å². The summed E-state index contributed by atoms with van der Waals surface area (Å²) in [5, 5.41) is 9.23. The van der Waals surface area contributed by atoms with Gasteiger partial charge in [-0.25, -0.2) is 0 Å². The fourth-order valence-electron chi connectivity index (χ4n) is 1.25. The Hall–Kier alpha value is -0.680. The van der Waals surface area contributed by atoms with Crippen LogP contribution < -0.4 is 10.5 Å². The molecule has 0 aliphatic carbocycles. The van der Waals surface area contributed by atoms with Crippen LogP contribution in [0.2, 0.25) is 0 Å². The first-order valence-electron chi connectivity index (χ1n) is 4.81. The first kappa shape index (κ1) is 11.4. The topological polar surface area (TPSA) is 61.0 Å². The Morgan fingerprint density at radius 1 is 1.36 bits per heavy atom. The van der Waals surface area contributed by atoms with Crippen LogP contribution >= 0.6 is 11.3 Å². The Balaban J connectivity index is 2.43. The molecule has 1 aromatic heterocycles. The standard InChI is InChI=1S/C9H17N3OS/c1-6(2)4-7(3)13-9-12-11-8(5-10)14-9/h6-7H,4-5,10H2,1-3H3. The van der Waals surface area contributed by atoms with Gasteiger partial charge in [-0.05, 0) is 19.3 Å². The molecule has 1 heterocycles. The zero-order valence-corrected chi connectivity index (χ0v) is 9.67. The van der Waals surface area contributed by atoms with E-state index in [2.05, 4.69) is 24.0 Å². The first-order valence-corrected chi connectivity index (χ1v) is 5.62. The minimum atomic E-state index is 0.188. The number of nitrogens with zero attached hydrogens (tertiary/aromatic N) is 2. The number of hydrogen-bond acceptors (Lipinski definition) is 5. The lowest BCUT2D eigenvalue weighted by Crippen LogP contribution is -2.14. The second kappa shape index (κ2) is 5.26. The van der Waals surface area contributed by atoms with Crippen LogP contribution in [0.1, 0.15) is 32.2 Å². The van der Waals surface area contributed by atoms with Crippen LogP contribution in [0, 0.1) is 5.92 Å². The summed E-state index contributed by atoms with van der Waals surface area (Å²) in [6.45, 7) is 6.82. The molecule has 0 spiro atoms. The van der Waals surface area contributed by atoms with Gasteiger partial charge in [0.15, 0.2) is 0 Å². The van der Waals surface area contributed by atoms with E-state index in [1.165, 1.54) is 11.3 Å². The average Bonchev–Trinajstić information content (AvgIpc) is 2.50. The Morgan fingerprint density at radius 3 is 2.57 bits per heavy atom. The minimum absolute atomic E-state index is 0.188. The van der Waals surface area contributed by atoms with Crippen molar-refractivity contribution in [1.82, 2.24) is 10.2 Å². The lowest BCUT2D eigenvalue weighted by Gasteiger charge is -2.13. The zero-order valence-electron chi connectivity index (χ0n) is 8.86. The predicted octanol–water partition coefficient (Wildman–Crippen LogP) is 1.81. The second-order valence-electron chi connectivity index (χ2n) is 3.72. The highest BCUT2D eigenvalue weighted by Gasteiger charge is 2.10. The smallest absolute Gasteiger partial charge is 0.294 e. The molecule has 0 fully saturated rings. The fourth-order valence-corrected chi connectivity index (χ4v) is 1.91. The predicted molar refractivity (Wildman–Crippen MR) is 57.3 cm³/mol. The van der Waals surface area contributed by atoms with Gasteiger partial charge in [0.1, 0.15) is 5.01 Å². The maximum Gasteiger partial charge on any atom is 0.294 e. The van der Waals surface area contributed by atoms with Crippen molar-refractivity contribution in [1.29, 1.82) is 0 Å². The van der Waals surface area contributed by atoms with Gasteiger partial charge in [0.25, 0.3) is 5.19 Å². The zero-order chi connectivity index (χ0) is 10.6. The Kier molecular flexibility index (Phi) is 4.28. The van der Waals surface area contributed by atoms with E-state index < -0.39 is 0 Å². The normalized spacial score (nSPS) is 13.2. The van der Waals surface area contributed by atoms with Crippen LogP contribution in [0.25, 0.3) is 0 Å². The van der Waals surface area contributed by atoms with Gasteiger partial charge in [0, 0.05) is 6.54 Å². The van der Waals surface area contributed by atoms with E-state index in [0.717, 1.165) is 11.4 Å². The lowest BCUT2D eigenvalue weighted by molar-refractivity contribution is 0.191. The monoisotopic (exact) mass is 215 g/mol. The first-order chi connectivity index (χ1) is 6.61. The fraction of sp³-hybridized carbons (Fsp3) is 0.778. The van der Waals surface area contributed by atoms with Crippen LogP contribution in [0.15, 0.2) is 0 Å². The third-order valence-corrected chi connectivity index (χ3v) is 2.56. The molecular formula is C9H17N3OS. The molecule has 0 saturated heterocycles. The van der Waals surface area contributed by atoms with Gasteiger partial charge in [0.05, 0.1) is 6.10 Å². The molecule has 14 heavy (non-hydrogen) atoms. The molecule has 0 bridgehead atoms. The van der Waals surface area contributed by atoms with Gasteiger partial charge in [-0.2, -0.15) is 0 Å². The average molecular weight is 215 g/mol. The molecule has 1 unspecified atom stereocenters. The number of nitrogens with two attached hydrogens (primary N) is 1. The van der Waals surface area contributed by atoms with Crippen molar-refractivity contribution in [2.75, 3.05) is 0 Å². The molecule has 1 rings (SSSR count). The van der Waals surface area contributed by atoms with E-state index in [1.54, 1.807) is 0 Å². The Labute approximate surface area is 88.5 Å². The van der Waals surface area contributed by atoms with Crippen LogP contribution in [-0.4, -0.2) is 16.3 Å². The van der Waals surface area contributed by atoms with Crippen molar-refractivity contribution < 1.29 is 4.74 Å². The summed E-state index contributed by atoms with van der Waals surface area (Å²) >= 11 is 1.42. The van der Waals surface area contributed by atoms with Crippen molar-refractivity contribution in [3.63, 3.8) is 0 Å². The largest absolute Gasteiger partial charge is 0.466 e. The van der Waals surface area contributed by atoms with Gasteiger partial charge in [-0.3, -0.25) is 0 Å². The summed E-state index contributed by atoms with van der Waals surface area (Å²) in [7, 11) is 0. The summed E-state index contributed by atoms with van der Waals surface area (Å²) in [6, 6.07) is 0. The highest BCUT2D eigenvalue weighted by atomic mass is 32.1. The molecule has 0 aliphatic heterocycles. The summed E-state index contributed by atoms with van der Waals surface area (Å²) in [5.41, 5.74) is 5.43. The second-order valence-corrected chi connectivity index (χ2v) is 4.75. The third kappa shape index (κ3) is 3.59. The van der Waals surface area contributed by atoms with Crippen LogP contribution in [0.3, 0.4) is 0 Å². The van der Waals surface area contributed by atoms with Gasteiger partial charge < -0.3 is 10.5 Å². The number of rotatable bonds is 5. The molecule has 0 radical (unpaired) electrons. The number of ether oxygens (including phenoxy) is 1. The molecule has 0 aromatic carbocycles. The maximum absolute atomic E-state index is 5.60. The van der Waals surface area contributed by atoms with Crippen LogP contribution in [0.5, 0.6) is 5.19 Å². The molecule has 2 N–H and O–H groups in total. The van der Waals surface area contributed by atoms with Crippen molar-refractivity contribution in [2.45, 2.75) is 39.8 Å². The summed E-state index contributed by atoms with van der Waals surface area (Å²) < 4.78 is 5.60. The van der Waals surface area contributed by atoms with E-state index in [4.69, 9.17) is 10.5 Å². The minimum Gasteiger partial charge on any atom is -0.466 e. The molecule has 80 valence electrons. The molecule has 0 aliphatic rings. The number of hydrogen-bond donors (Lipinski definition) is 1.